The minimum absolute atomic E-state index is 0.217. The summed E-state index contributed by atoms with van der Waals surface area (Å²) in [4.78, 5) is 24.9. The number of alkyl halides is 3. The van der Waals surface area contributed by atoms with Crippen LogP contribution < -0.4 is 10.1 Å². The number of carbonyl (C=O) groups excluding carboxylic acids is 2. The zero-order chi connectivity index (χ0) is 22.6. The molecule has 0 unspecified atom stereocenters. The predicted molar refractivity (Wildman–Crippen MR) is 112 cm³/mol. The van der Waals surface area contributed by atoms with E-state index in [0.717, 1.165) is 12.1 Å². The van der Waals surface area contributed by atoms with E-state index < -0.39 is 29.4 Å². The number of rotatable bonds is 5. The van der Waals surface area contributed by atoms with Gasteiger partial charge in [0.1, 0.15) is 5.75 Å². The summed E-state index contributed by atoms with van der Waals surface area (Å²) in [6, 6.07) is 14.8. The van der Waals surface area contributed by atoms with Crippen molar-refractivity contribution in [3.63, 3.8) is 0 Å². The fourth-order valence-corrected chi connectivity index (χ4v) is 2.88. The van der Waals surface area contributed by atoms with E-state index in [0.29, 0.717) is 27.4 Å². The molecule has 0 spiro atoms. The van der Waals surface area contributed by atoms with E-state index in [1.54, 1.807) is 24.3 Å². The first-order chi connectivity index (χ1) is 14.6. The summed E-state index contributed by atoms with van der Waals surface area (Å²) in [5, 5.41) is 3.45. The van der Waals surface area contributed by atoms with Crippen LogP contribution in [-0.4, -0.2) is 11.9 Å². The second-order valence-electron chi connectivity index (χ2n) is 6.45. The predicted octanol–water partition coefficient (Wildman–Crippen LogP) is 6.41. The van der Waals surface area contributed by atoms with Crippen LogP contribution in [0.25, 0.3) is 0 Å². The van der Waals surface area contributed by atoms with Crippen molar-refractivity contribution in [1.29, 1.82) is 0 Å². The third kappa shape index (κ3) is 6.23. The number of benzene rings is 3. The lowest BCUT2D eigenvalue weighted by atomic mass is 10.1. The molecule has 0 saturated heterocycles. The molecular formula is C22H14Cl2F3NO3. The Kier molecular flexibility index (Phi) is 6.87. The Morgan fingerprint density at radius 1 is 0.871 bits per heavy atom. The zero-order valence-electron chi connectivity index (χ0n) is 15.7. The number of halogens is 5. The van der Waals surface area contributed by atoms with Crippen LogP contribution in [0.4, 0.5) is 18.9 Å². The molecule has 1 amide bonds. The van der Waals surface area contributed by atoms with Crippen LogP contribution in [0, 0.1) is 0 Å². The second-order valence-corrected chi connectivity index (χ2v) is 7.32. The third-order valence-electron chi connectivity index (χ3n) is 4.14. The minimum atomic E-state index is -4.68. The molecule has 0 aromatic heterocycles. The zero-order valence-corrected chi connectivity index (χ0v) is 17.2. The van der Waals surface area contributed by atoms with Crippen molar-refractivity contribution in [3.8, 4) is 5.75 Å². The van der Waals surface area contributed by atoms with Crippen molar-refractivity contribution in [2.24, 2.45) is 0 Å². The van der Waals surface area contributed by atoms with E-state index >= 15 is 0 Å². The van der Waals surface area contributed by atoms with E-state index in [4.69, 9.17) is 27.9 Å². The maximum Gasteiger partial charge on any atom is 0.416 e. The maximum absolute atomic E-state index is 13.1. The average molecular weight is 468 g/mol. The van der Waals surface area contributed by atoms with Gasteiger partial charge in [0.25, 0.3) is 5.91 Å². The molecule has 0 radical (unpaired) electrons. The van der Waals surface area contributed by atoms with Crippen molar-refractivity contribution in [2.75, 3.05) is 5.32 Å². The lowest BCUT2D eigenvalue weighted by molar-refractivity contribution is -0.139. The molecule has 0 bridgehead atoms. The Balaban J connectivity index is 1.86. The Hall–Kier alpha value is -3.03. The summed E-state index contributed by atoms with van der Waals surface area (Å²) < 4.78 is 44.6. The van der Waals surface area contributed by atoms with Gasteiger partial charge in [-0.2, -0.15) is 13.2 Å². The Morgan fingerprint density at radius 3 is 2.03 bits per heavy atom. The highest BCUT2D eigenvalue weighted by Crippen LogP contribution is 2.33. The molecule has 0 saturated carbocycles. The largest absolute Gasteiger partial charge is 0.425 e. The van der Waals surface area contributed by atoms with Crippen molar-refractivity contribution >= 4 is 40.8 Å². The van der Waals surface area contributed by atoms with Crippen LogP contribution in [0.3, 0.4) is 0 Å². The first-order valence-corrected chi connectivity index (χ1v) is 9.61. The highest BCUT2D eigenvalue weighted by atomic mass is 35.5. The summed E-state index contributed by atoms with van der Waals surface area (Å²) in [5.74, 6) is -2.08. The summed E-state index contributed by atoms with van der Waals surface area (Å²) >= 11 is 11.6. The number of hydrogen-bond donors (Lipinski definition) is 1. The molecule has 0 aliphatic heterocycles. The van der Waals surface area contributed by atoms with Gasteiger partial charge in [-0.25, -0.2) is 0 Å². The third-order valence-corrected chi connectivity index (χ3v) is 4.65. The number of carbonyl (C=O) groups is 2. The van der Waals surface area contributed by atoms with E-state index in [1.807, 2.05) is 0 Å². The summed E-state index contributed by atoms with van der Waals surface area (Å²) in [7, 11) is 0. The van der Waals surface area contributed by atoms with Crippen molar-refractivity contribution in [1.82, 2.24) is 0 Å². The van der Waals surface area contributed by atoms with E-state index in [-0.39, 0.29) is 12.0 Å². The van der Waals surface area contributed by atoms with E-state index in [9.17, 15) is 22.8 Å². The highest BCUT2D eigenvalue weighted by Gasteiger charge is 2.32. The van der Waals surface area contributed by atoms with Crippen LogP contribution in [0.15, 0.2) is 66.7 Å². The van der Waals surface area contributed by atoms with Crippen LogP contribution in [0.5, 0.6) is 5.75 Å². The molecule has 0 aliphatic rings. The quantitative estimate of drug-likeness (QED) is 0.348. The van der Waals surface area contributed by atoms with Gasteiger partial charge < -0.3 is 10.1 Å². The van der Waals surface area contributed by atoms with Crippen molar-refractivity contribution in [3.05, 3.63) is 93.5 Å². The Morgan fingerprint density at radius 2 is 1.45 bits per heavy atom. The topological polar surface area (TPSA) is 55.4 Å². The van der Waals surface area contributed by atoms with Gasteiger partial charge in [0.2, 0.25) is 0 Å². The number of anilines is 1. The molecule has 0 aliphatic carbocycles. The van der Waals surface area contributed by atoms with Crippen molar-refractivity contribution < 1.29 is 27.5 Å². The number of esters is 1. The first kappa shape index (κ1) is 22.7. The second kappa shape index (κ2) is 9.41. The number of amides is 1. The maximum atomic E-state index is 13.1. The molecule has 0 heterocycles. The smallest absolute Gasteiger partial charge is 0.416 e. The van der Waals surface area contributed by atoms with Gasteiger partial charge in [0.15, 0.2) is 0 Å². The molecule has 160 valence electrons. The lowest BCUT2D eigenvalue weighted by Gasteiger charge is -2.14. The fraction of sp³-hybridized carbons (Fsp3) is 0.0909. The average Bonchev–Trinajstić information content (AvgIpc) is 2.70. The van der Waals surface area contributed by atoms with E-state index in [2.05, 4.69) is 5.32 Å². The van der Waals surface area contributed by atoms with Crippen LogP contribution in [0.1, 0.15) is 21.5 Å². The van der Waals surface area contributed by atoms with Gasteiger partial charge >= 0.3 is 12.1 Å². The molecule has 3 rings (SSSR count). The summed E-state index contributed by atoms with van der Waals surface area (Å²) in [6.07, 6.45) is -4.89. The summed E-state index contributed by atoms with van der Waals surface area (Å²) in [6.45, 7) is 0. The Labute approximate surface area is 185 Å². The molecule has 4 nitrogen and oxygen atoms in total. The van der Waals surface area contributed by atoms with Crippen molar-refractivity contribution in [2.45, 2.75) is 12.6 Å². The fourth-order valence-electron chi connectivity index (χ4n) is 2.63. The molecule has 0 atom stereocenters. The molecule has 1 N–H and O–H groups in total. The molecule has 3 aromatic rings. The summed E-state index contributed by atoms with van der Waals surface area (Å²) in [5.41, 5.74) is -0.362. The van der Waals surface area contributed by atoms with Crippen LogP contribution in [0.2, 0.25) is 10.0 Å². The van der Waals surface area contributed by atoms with Crippen LogP contribution in [-0.2, 0) is 17.4 Å². The first-order valence-electron chi connectivity index (χ1n) is 8.85. The Bertz CT molecular complexity index is 1100. The van der Waals surface area contributed by atoms with Gasteiger partial charge in [0.05, 0.1) is 17.5 Å². The lowest BCUT2D eigenvalue weighted by Crippen LogP contribution is -2.18. The number of nitrogens with one attached hydrogen (secondary N) is 1. The number of ether oxygens (including phenoxy) is 1. The molecule has 3 aromatic carbocycles. The standard InChI is InChI=1S/C22H14Cl2F3NO3/c23-15-4-1-13(2-5-15)11-20(29)31-19-12-14(22(25,26)27)3-10-18(19)21(30)28-17-8-6-16(24)7-9-17/h1-10,12H,11H2,(H,28,30). The normalized spacial score (nSPS) is 11.1. The number of hydrogen-bond acceptors (Lipinski definition) is 3. The molecule has 9 heteroatoms. The van der Waals surface area contributed by atoms with E-state index in [1.165, 1.54) is 24.3 Å². The van der Waals surface area contributed by atoms with Crippen LogP contribution >= 0.6 is 23.2 Å². The monoisotopic (exact) mass is 467 g/mol. The van der Waals surface area contributed by atoms with Gasteiger partial charge in [-0.05, 0) is 60.2 Å². The van der Waals surface area contributed by atoms with Gasteiger partial charge in [-0.1, -0.05) is 35.3 Å². The van der Waals surface area contributed by atoms with Gasteiger partial charge in [-0.15, -0.1) is 0 Å². The molecule has 0 fully saturated rings. The molecular weight excluding hydrogens is 454 g/mol. The van der Waals surface area contributed by atoms with Gasteiger partial charge in [-0.3, -0.25) is 9.59 Å². The minimum Gasteiger partial charge on any atom is -0.425 e. The van der Waals surface area contributed by atoms with Gasteiger partial charge in [0, 0.05) is 15.7 Å². The SMILES string of the molecule is O=C(Cc1ccc(Cl)cc1)Oc1cc(C(F)(F)F)ccc1C(=O)Nc1ccc(Cl)cc1. The molecule has 31 heavy (non-hydrogen) atoms. The highest BCUT2D eigenvalue weighted by molar-refractivity contribution is 6.30.